The van der Waals surface area contributed by atoms with Gasteiger partial charge in [-0.15, -0.1) is 0 Å². The summed E-state index contributed by atoms with van der Waals surface area (Å²) in [5.74, 6) is -1.03. The van der Waals surface area contributed by atoms with Crippen LogP contribution >= 0.6 is 11.6 Å². The summed E-state index contributed by atoms with van der Waals surface area (Å²) >= 11 is 5.85. The number of nitrogens with one attached hydrogen (secondary N) is 2. The third-order valence-corrected chi connectivity index (χ3v) is 3.50. The first-order valence-corrected chi connectivity index (χ1v) is 6.47. The number of hydrogen-bond donors (Lipinski definition) is 2. The maximum atomic E-state index is 14.2. The Morgan fingerprint density at radius 3 is 2.48 bits per heavy atom. The molecule has 0 unspecified atom stereocenters. The second-order valence-electron chi connectivity index (χ2n) is 4.61. The van der Waals surface area contributed by atoms with E-state index in [0.29, 0.717) is 5.39 Å². The molecule has 0 aliphatic carbocycles. The van der Waals surface area contributed by atoms with Crippen molar-refractivity contribution in [3.8, 4) is 5.69 Å². The van der Waals surface area contributed by atoms with Crippen LogP contribution in [-0.2, 0) is 6.18 Å². The molecule has 120 valence electrons. The molecule has 1 aromatic carbocycles. The maximum Gasteiger partial charge on any atom is 0.431 e. The van der Waals surface area contributed by atoms with Crippen LogP contribution in [-0.4, -0.2) is 14.5 Å². The number of alkyl halides is 3. The molecule has 2 heterocycles. The van der Waals surface area contributed by atoms with E-state index in [2.05, 4.69) is 4.98 Å². The largest absolute Gasteiger partial charge is 0.431 e. The maximum absolute atomic E-state index is 14.2. The number of H-pyrrole nitrogens is 2. The molecule has 0 aliphatic rings. The van der Waals surface area contributed by atoms with Crippen molar-refractivity contribution in [1.29, 1.82) is 0 Å². The minimum atomic E-state index is -4.91. The van der Waals surface area contributed by atoms with E-state index in [1.54, 1.807) is 0 Å². The smallest absolute Gasteiger partial charge is 0.359 e. The van der Waals surface area contributed by atoms with E-state index in [0.717, 1.165) is 6.07 Å². The highest BCUT2D eigenvalue weighted by atomic mass is 35.5. The highest BCUT2D eigenvalue weighted by molar-refractivity contribution is 6.35. The molecule has 3 aromatic rings. The predicted octanol–water partition coefficient (Wildman–Crippen LogP) is 2.82. The van der Waals surface area contributed by atoms with Crippen LogP contribution in [0.5, 0.6) is 0 Å². The van der Waals surface area contributed by atoms with E-state index in [4.69, 9.17) is 11.6 Å². The molecule has 0 radical (unpaired) electrons. The first-order chi connectivity index (χ1) is 10.7. The van der Waals surface area contributed by atoms with E-state index in [1.807, 2.05) is 0 Å². The number of benzene rings is 1. The molecule has 2 aromatic heterocycles. The zero-order valence-corrected chi connectivity index (χ0v) is 11.7. The van der Waals surface area contributed by atoms with Gasteiger partial charge in [-0.05, 0) is 12.1 Å². The molecule has 0 atom stereocenters. The van der Waals surface area contributed by atoms with Crippen molar-refractivity contribution >= 4 is 22.5 Å². The first-order valence-electron chi connectivity index (χ1n) is 6.09. The average molecular weight is 348 g/mol. The van der Waals surface area contributed by atoms with Crippen molar-refractivity contribution < 1.29 is 17.6 Å². The number of nitrogens with zero attached hydrogens (tertiary/aromatic N) is 1. The topological polar surface area (TPSA) is 70.7 Å². The van der Waals surface area contributed by atoms with Crippen LogP contribution in [0, 0.1) is 5.82 Å². The highest BCUT2D eigenvalue weighted by Crippen LogP contribution is 2.30. The molecule has 0 fully saturated rings. The first kappa shape index (κ1) is 15.3. The second-order valence-corrected chi connectivity index (χ2v) is 5.02. The third kappa shape index (κ3) is 2.42. The summed E-state index contributed by atoms with van der Waals surface area (Å²) in [5, 5.41) is 0.341. The number of fused-ring (bicyclic) bond motifs is 1. The van der Waals surface area contributed by atoms with E-state index < -0.39 is 34.6 Å². The van der Waals surface area contributed by atoms with E-state index in [-0.39, 0.29) is 21.2 Å². The minimum absolute atomic E-state index is 0.0161. The van der Waals surface area contributed by atoms with Crippen LogP contribution in [0.4, 0.5) is 17.6 Å². The standard InChI is InChI=1S/C13H6ClF4N3O2/c14-6-3-7(15)11(10-5(6)1-2-19-10)21-9(22)4-8(13(16,17)18)20-12(21)23/h1-4,19H,(H,20,23). The Morgan fingerprint density at radius 1 is 1.17 bits per heavy atom. The molecule has 0 saturated carbocycles. The Labute approximate surface area is 129 Å². The predicted molar refractivity (Wildman–Crippen MR) is 74.5 cm³/mol. The Kier molecular flexibility index (Phi) is 3.33. The zero-order valence-electron chi connectivity index (χ0n) is 11.0. The summed E-state index contributed by atoms with van der Waals surface area (Å²) in [6, 6.07) is 2.53. The van der Waals surface area contributed by atoms with Crippen LogP contribution in [0.2, 0.25) is 5.02 Å². The lowest BCUT2D eigenvalue weighted by atomic mass is 10.2. The van der Waals surface area contributed by atoms with Crippen LogP contribution in [0.1, 0.15) is 5.69 Å². The van der Waals surface area contributed by atoms with Crippen molar-refractivity contribution in [3.63, 3.8) is 0 Å². The molecule has 10 heteroatoms. The van der Waals surface area contributed by atoms with Gasteiger partial charge in [0.2, 0.25) is 0 Å². The Balaban J connectivity index is 2.40. The SMILES string of the molecule is O=c1cc(C(F)(F)F)[nH]c(=O)n1-c1c(F)cc(Cl)c2cc[nH]c12. The average Bonchev–Trinajstić information content (AvgIpc) is 2.89. The normalized spacial score (nSPS) is 12.0. The van der Waals surface area contributed by atoms with E-state index in [9.17, 15) is 27.2 Å². The minimum Gasteiger partial charge on any atom is -0.359 e. The van der Waals surface area contributed by atoms with Crippen molar-refractivity contribution in [3.05, 3.63) is 61.8 Å². The number of aromatic amines is 2. The summed E-state index contributed by atoms with van der Waals surface area (Å²) in [6.45, 7) is 0. The van der Waals surface area contributed by atoms with Crippen LogP contribution < -0.4 is 11.2 Å². The lowest BCUT2D eigenvalue weighted by Crippen LogP contribution is -2.36. The van der Waals surface area contributed by atoms with Gasteiger partial charge >= 0.3 is 11.9 Å². The summed E-state index contributed by atoms with van der Waals surface area (Å²) in [6.07, 6.45) is -3.51. The fourth-order valence-corrected chi connectivity index (χ4v) is 2.47. The van der Waals surface area contributed by atoms with Gasteiger partial charge in [-0.2, -0.15) is 13.2 Å². The van der Waals surface area contributed by atoms with Crippen molar-refractivity contribution in [2.75, 3.05) is 0 Å². The van der Waals surface area contributed by atoms with Gasteiger partial charge in [0.25, 0.3) is 5.56 Å². The van der Waals surface area contributed by atoms with Gasteiger partial charge in [0, 0.05) is 17.6 Å². The Morgan fingerprint density at radius 2 is 1.87 bits per heavy atom. The van der Waals surface area contributed by atoms with E-state index in [1.165, 1.54) is 17.2 Å². The summed E-state index contributed by atoms with van der Waals surface area (Å²) in [7, 11) is 0. The third-order valence-electron chi connectivity index (χ3n) is 3.18. The molecular formula is C13H6ClF4N3O2. The molecule has 0 bridgehead atoms. The number of aromatic nitrogens is 3. The number of rotatable bonds is 1. The molecule has 5 nitrogen and oxygen atoms in total. The lowest BCUT2D eigenvalue weighted by Gasteiger charge is -2.11. The van der Waals surface area contributed by atoms with Crippen molar-refractivity contribution in [1.82, 2.24) is 14.5 Å². The van der Waals surface area contributed by atoms with Crippen LogP contribution in [0.25, 0.3) is 16.6 Å². The van der Waals surface area contributed by atoms with Gasteiger partial charge in [0.05, 0.1) is 10.5 Å². The van der Waals surface area contributed by atoms with Gasteiger partial charge in [0.15, 0.2) is 5.82 Å². The molecule has 0 amide bonds. The summed E-state index contributed by atoms with van der Waals surface area (Å²) < 4.78 is 52.3. The highest BCUT2D eigenvalue weighted by Gasteiger charge is 2.33. The summed E-state index contributed by atoms with van der Waals surface area (Å²) in [5.41, 5.74) is -4.74. The molecule has 0 saturated heterocycles. The van der Waals surface area contributed by atoms with Gasteiger partial charge in [-0.3, -0.25) is 4.79 Å². The van der Waals surface area contributed by atoms with Crippen LogP contribution in [0.15, 0.2) is 34.0 Å². The molecule has 0 aliphatic heterocycles. The van der Waals surface area contributed by atoms with Crippen LogP contribution in [0.3, 0.4) is 0 Å². The van der Waals surface area contributed by atoms with Gasteiger partial charge in [-0.25, -0.2) is 13.8 Å². The molecule has 0 spiro atoms. The van der Waals surface area contributed by atoms with E-state index >= 15 is 0 Å². The van der Waals surface area contributed by atoms with Gasteiger partial charge in [-0.1, -0.05) is 11.6 Å². The molecular weight excluding hydrogens is 342 g/mol. The fourth-order valence-electron chi connectivity index (χ4n) is 2.22. The van der Waals surface area contributed by atoms with Crippen molar-refractivity contribution in [2.24, 2.45) is 0 Å². The zero-order chi connectivity index (χ0) is 16.9. The van der Waals surface area contributed by atoms with Gasteiger partial charge < -0.3 is 9.97 Å². The second kappa shape index (κ2) is 4.98. The quantitative estimate of drug-likeness (QED) is 0.665. The monoisotopic (exact) mass is 347 g/mol. The van der Waals surface area contributed by atoms with Gasteiger partial charge in [0.1, 0.15) is 11.4 Å². The van der Waals surface area contributed by atoms with Crippen molar-refractivity contribution in [2.45, 2.75) is 6.18 Å². The Hall–Kier alpha value is -2.55. The lowest BCUT2D eigenvalue weighted by molar-refractivity contribution is -0.141. The number of hydrogen-bond acceptors (Lipinski definition) is 2. The molecule has 2 N–H and O–H groups in total. The number of halogens is 5. The molecule has 3 rings (SSSR count). The summed E-state index contributed by atoms with van der Waals surface area (Å²) in [4.78, 5) is 28.0. The fraction of sp³-hybridized carbons (Fsp3) is 0.0769. The Bertz CT molecular complexity index is 1000. The molecule has 23 heavy (non-hydrogen) atoms.